The van der Waals surface area contributed by atoms with Gasteiger partial charge in [0.05, 0.1) is 0 Å². The van der Waals surface area contributed by atoms with E-state index in [9.17, 15) is 0 Å². The van der Waals surface area contributed by atoms with E-state index < -0.39 is 6.29 Å². The van der Waals surface area contributed by atoms with Gasteiger partial charge in [-0.2, -0.15) is 0 Å². The van der Waals surface area contributed by atoms with Gasteiger partial charge in [-0.25, -0.2) is 0 Å². The molecule has 0 aromatic heterocycles. The first-order valence-corrected chi connectivity index (χ1v) is 3.53. The van der Waals surface area contributed by atoms with Gasteiger partial charge in [0.25, 0.3) is 0 Å². The van der Waals surface area contributed by atoms with Crippen LogP contribution in [-0.4, -0.2) is 16.5 Å². The van der Waals surface area contributed by atoms with Crippen LogP contribution in [0.2, 0.25) is 0 Å². The molecule has 2 heteroatoms. The van der Waals surface area contributed by atoms with Crippen LogP contribution in [-0.2, 0) is 0 Å². The Morgan fingerprint density at radius 2 is 1.89 bits per heavy atom. The summed E-state index contributed by atoms with van der Waals surface area (Å²) >= 11 is 0. The Labute approximate surface area is 56.5 Å². The van der Waals surface area contributed by atoms with Crippen molar-refractivity contribution < 1.29 is 10.2 Å². The lowest BCUT2D eigenvalue weighted by atomic mass is 10.0. The fraction of sp³-hybridized carbons (Fsp3) is 1.00. The molecule has 0 fully saturated rings. The molecule has 0 aromatic rings. The summed E-state index contributed by atoms with van der Waals surface area (Å²) in [5, 5.41) is 17.0. The molecule has 9 heavy (non-hydrogen) atoms. The monoisotopic (exact) mass is 132 g/mol. The molecule has 0 heterocycles. The summed E-state index contributed by atoms with van der Waals surface area (Å²) < 4.78 is 0. The summed E-state index contributed by atoms with van der Waals surface area (Å²) in [5.41, 5.74) is 0. The van der Waals surface area contributed by atoms with E-state index in [0.29, 0.717) is 12.3 Å². The SMILES string of the molecule is CCCC(C)CC(O)O. The molecule has 1 atom stereocenters. The normalized spacial score (nSPS) is 14.3. The van der Waals surface area contributed by atoms with Crippen LogP contribution in [0, 0.1) is 5.92 Å². The molecule has 0 bridgehead atoms. The van der Waals surface area contributed by atoms with Crippen molar-refractivity contribution >= 4 is 0 Å². The van der Waals surface area contributed by atoms with Crippen molar-refractivity contribution in [2.24, 2.45) is 5.92 Å². The maximum atomic E-state index is 8.50. The van der Waals surface area contributed by atoms with E-state index in [-0.39, 0.29) is 0 Å². The lowest BCUT2D eigenvalue weighted by Crippen LogP contribution is -2.09. The molecule has 0 saturated heterocycles. The van der Waals surface area contributed by atoms with Gasteiger partial charge in [0, 0.05) is 6.42 Å². The first kappa shape index (κ1) is 8.92. The smallest absolute Gasteiger partial charge is 0.151 e. The summed E-state index contributed by atoms with van der Waals surface area (Å²) in [6.45, 7) is 4.13. The van der Waals surface area contributed by atoms with Crippen LogP contribution >= 0.6 is 0 Å². The van der Waals surface area contributed by atoms with Crippen molar-refractivity contribution in [2.75, 3.05) is 0 Å². The summed E-state index contributed by atoms with van der Waals surface area (Å²) in [6.07, 6.45) is 1.59. The second-order valence-corrected chi connectivity index (χ2v) is 2.61. The largest absolute Gasteiger partial charge is 0.368 e. The Bertz CT molecular complexity index is 61.9. The van der Waals surface area contributed by atoms with E-state index in [4.69, 9.17) is 10.2 Å². The van der Waals surface area contributed by atoms with Gasteiger partial charge in [-0.15, -0.1) is 0 Å². The number of hydrogen-bond donors (Lipinski definition) is 2. The Balaban J connectivity index is 3.15. The summed E-state index contributed by atoms with van der Waals surface area (Å²) in [7, 11) is 0. The summed E-state index contributed by atoms with van der Waals surface area (Å²) in [5.74, 6) is 0.440. The average molecular weight is 132 g/mol. The maximum absolute atomic E-state index is 8.50. The van der Waals surface area contributed by atoms with Crippen LogP contribution in [0.15, 0.2) is 0 Å². The van der Waals surface area contributed by atoms with Gasteiger partial charge in [0.2, 0.25) is 0 Å². The lowest BCUT2D eigenvalue weighted by molar-refractivity contribution is -0.0550. The second-order valence-electron chi connectivity index (χ2n) is 2.61. The van der Waals surface area contributed by atoms with E-state index in [2.05, 4.69) is 6.92 Å². The molecule has 0 radical (unpaired) electrons. The van der Waals surface area contributed by atoms with Crippen LogP contribution in [0.25, 0.3) is 0 Å². The highest BCUT2D eigenvalue weighted by Crippen LogP contribution is 2.10. The van der Waals surface area contributed by atoms with E-state index in [1.54, 1.807) is 0 Å². The molecule has 2 nitrogen and oxygen atoms in total. The number of aliphatic hydroxyl groups excluding tert-OH is 1. The lowest BCUT2D eigenvalue weighted by Gasteiger charge is -2.09. The van der Waals surface area contributed by atoms with E-state index >= 15 is 0 Å². The molecule has 0 aliphatic heterocycles. The third kappa shape index (κ3) is 5.80. The second kappa shape index (κ2) is 4.77. The molecule has 56 valence electrons. The molecule has 0 saturated carbocycles. The summed E-state index contributed by atoms with van der Waals surface area (Å²) in [6, 6.07) is 0. The van der Waals surface area contributed by atoms with Crippen LogP contribution in [0.4, 0.5) is 0 Å². The fourth-order valence-corrected chi connectivity index (χ4v) is 0.971. The van der Waals surface area contributed by atoms with Crippen molar-refractivity contribution in [3.8, 4) is 0 Å². The Morgan fingerprint density at radius 1 is 1.33 bits per heavy atom. The van der Waals surface area contributed by atoms with Gasteiger partial charge in [-0.3, -0.25) is 0 Å². The zero-order chi connectivity index (χ0) is 7.28. The standard InChI is InChI=1S/C7H16O2/c1-3-4-6(2)5-7(8)9/h6-9H,3-5H2,1-2H3. The average Bonchev–Trinajstić information content (AvgIpc) is 1.63. The zero-order valence-corrected chi connectivity index (χ0v) is 6.17. The molecule has 0 spiro atoms. The predicted molar refractivity (Wildman–Crippen MR) is 36.9 cm³/mol. The van der Waals surface area contributed by atoms with Gasteiger partial charge >= 0.3 is 0 Å². The number of aliphatic hydroxyl groups is 2. The van der Waals surface area contributed by atoms with Crippen LogP contribution in [0.1, 0.15) is 33.1 Å². The van der Waals surface area contributed by atoms with Crippen molar-refractivity contribution in [1.82, 2.24) is 0 Å². The first-order valence-electron chi connectivity index (χ1n) is 3.53. The van der Waals surface area contributed by atoms with Gasteiger partial charge in [-0.1, -0.05) is 26.7 Å². The molecule has 0 rings (SSSR count). The highest BCUT2D eigenvalue weighted by molar-refractivity contribution is 4.51. The molecule has 0 amide bonds. The fourth-order valence-electron chi connectivity index (χ4n) is 0.971. The van der Waals surface area contributed by atoms with E-state index in [1.807, 2.05) is 6.92 Å². The minimum absolute atomic E-state index is 0.440. The Morgan fingerprint density at radius 3 is 2.22 bits per heavy atom. The highest BCUT2D eigenvalue weighted by atomic mass is 16.5. The Hall–Kier alpha value is -0.0800. The molecule has 0 aromatic carbocycles. The van der Waals surface area contributed by atoms with Gasteiger partial charge in [-0.05, 0) is 5.92 Å². The van der Waals surface area contributed by atoms with Crippen molar-refractivity contribution in [2.45, 2.75) is 39.4 Å². The summed E-state index contributed by atoms with van der Waals surface area (Å²) in [4.78, 5) is 0. The number of hydrogen-bond acceptors (Lipinski definition) is 2. The van der Waals surface area contributed by atoms with Crippen molar-refractivity contribution in [3.63, 3.8) is 0 Å². The van der Waals surface area contributed by atoms with Gasteiger partial charge in [0.15, 0.2) is 6.29 Å². The topological polar surface area (TPSA) is 40.5 Å². The third-order valence-corrected chi connectivity index (χ3v) is 1.39. The minimum Gasteiger partial charge on any atom is -0.368 e. The third-order valence-electron chi connectivity index (χ3n) is 1.39. The van der Waals surface area contributed by atoms with Crippen molar-refractivity contribution in [3.05, 3.63) is 0 Å². The predicted octanol–water partition coefficient (Wildman–Crippen LogP) is 1.12. The van der Waals surface area contributed by atoms with Gasteiger partial charge < -0.3 is 10.2 Å². The van der Waals surface area contributed by atoms with E-state index in [1.165, 1.54) is 0 Å². The molecule has 2 N–H and O–H groups in total. The molecular weight excluding hydrogens is 116 g/mol. The minimum atomic E-state index is -1.12. The quantitative estimate of drug-likeness (QED) is 0.563. The van der Waals surface area contributed by atoms with Crippen LogP contribution in [0.3, 0.4) is 0 Å². The number of rotatable bonds is 4. The Kier molecular flexibility index (Phi) is 4.72. The zero-order valence-electron chi connectivity index (χ0n) is 6.17. The maximum Gasteiger partial charge on any atom is 0.151 e. The molecule has 0 aliphatic carbocycles. The van der Waals surface area contributed by atoms with Gasteiger partial charge in [0.1, 0.15) is 0 Å². The molecule has 0 aliphatic rings. The molecule has 1 unspecified atom stereocenters. The van der Waals surface area contributed by atoms with Crippen molar-refractivity contribution in [1.29, 1.82) is 0 Å². The molecular formula is C7H16O2. The van der Waals surface area contributed by atoms with Crippen LogP contribution < -0.4 is 0 Å². The van der Waals surface area contributed by atoms with Crippen LogP contribution in [0.5, 0.6) is 0 Å². The first-order chi connectivity index (χ1) is 4.16. The highest BCUT2D eigenvalue weighted by Gasteiger charge is 2.04. The van der Waals surface area contributed by atoms with E-state index in [0.717, 1.165) is 12.8 Å².